The van der Waals surface area contributed by atoms with Crippen LogP contribution in [-0.2, 0) is 18.7 Å². The van der Waals surface area contributed by atoms with Crippen molar-refractivity contribution in [1.29, 1.82) is 0 Å². The Morgan fingerprint density at radius 1 is 1.00 bits per heavy atom. The molecule has 0 unspecified atom stereocenters. The highest BCUT2D eigenvalue weighted by atomic mass is 32.2. The van der Waals surface area contributed by atoms with Crippen LogP contribution in [-0.4, -0.2) is 14.5 Å². The first-order valence-corrected chi connectivity index (χ1v) is 11.7. The summed E-state index contributed by atoms with van der Waals surface area (Å²) in [6, 6.07) is 20.5. The maximum absolute atomic E-state index is 14.1. The monoisotopic (exact) mass is 447 g/mol. The molecule has 3 aromatic heterocycles. The van der Waals surface area contributed by atoms with Gasteiger partial charge < -0.3 is 0 Å². The van der Waals surface area contributed by atoms with E-state index in [-0.39, 0.29) is 11.4 Å². The van der Waals surface area contributed by atoms with E-state index in [4.69, 9.17) is 4.98 Å². The van der Waals surface area contributed by atoms with Gasteiger partial charge in [-0.2, -0.15) is 0 Å². The predicted octanol–water partition coefficient (Wildman–Crippen LogP) is 5.68. The maximum Gasteiger partial charge on any atom is 0.272 e. The number of benzene rings is 2. The lowest BCUT2D eigenvalue weighted by Crippen LogP contribution is -2.23. The Balaban J connectivity index is 1.58. The fourth-order valence-corrected chi connectivity index (χ4v) is 5.53. The Labute approximate surface area is 186 Å². The van der Waals surface area contributed by atoms with Crippen LogP contribution in [0.2, 0.25) is 0 Å². The molecule has 0 saturated carbocycles. The minimum atomic E-state index is -0.251. The van der Waals surface area contributed by atoms with Crippen molar-refractivity contribution in [2.75, 3.05) is 0 Å². The van der Waals surface area contributed by atoms with Crippen LogP contribution >= 0.6 is 23.1 Å². The Kier molecular flexibility index (Phi) is 5.53. The summed E-state index contributed by atoms with van der Waals surface area (Å²) in [5.74, 6) is 0.149. The fraction of sp³-hybridized carbons (Fsp3) is 0.125. The number of nitrogens with zero attached hydrogens (tertiary/aromatic N) is 3. The summed E-state index contributed by atoms with van der Waals surface area (Å²) in [5.41, 5.74) is 2.34. The highest BCUT2D eigenvalue weighted by molar-refractivity contribution is 7.98. The zero-order chi connectivity index (χ0) is 21.2. The first-order valence-electron chi connectivity index (χ1n) is 9.89. The van der Waals surface area contributed by atoms with Crippen LogP contribution in [0.3, 0.4) is 0 Å². The van der Waals surface area contributed by atoms with Gasteiger partial charge in [0.15, 0.2) is 5.16 Å². The lowest BCUT2D eigenvalue weighted by atomic mass is 10.1. The smallest absolute Gasteiger partial charge is 0.272 e. The third-order valence-electron chi connectivity index (χ3n) is 5.10. The van der Waals surface area contributed by atoms with Crippen LogP contribution in [0.5, 0.6) is 0 Å². The molecule has 5 aromatic rings. The number of hydrogen-bond donors (Lipinski definition) is 0. The molecule has 0 aliphatic heterocycles. The largest absolute Gasteiger partial charge is 0.286 e. The quantitative estimate of drug-likeness (QED) is 0.248. The van der Waals surface area contributed by atoms with Crippen molar-refractivity contribution in [3.63, 3.8) is 0 Å². The molecule has 0 saturated heterocycles. The maximum atomic E-state index is 14.1. The van der Waals surface area contributed by atoms with Gasteiger partial charge in [0.05, 0.1) is 5.52 Å². The molecule has 0 atom stereocenters. The molecular weight excluding hydrogens is 429 g/mol. The van der Waals surface area contributed by atoms with Gasteiger partial charge in [0, 0.05) is 23.9 Å². The van der Waals surface area contributed by atoms with E-state index in [1.807, 2.05) is 48.5 Å². The Hall–Kier alpha value is -3.03. The average molecular weight is 448 g/mol. The van der Waals surface area contributed by atoms with E-state index in [1.54, 1.807) is 22.9 Å². The molecule has 0 N–H and O–H groups in total. The van der Waals surface area contributed by atoms with E-state index >= 15 is 0 Å². The van der Waals surface area contributed by atoms with Gasteiger partial charge in [0.25, 0.3) is 5.56 Å². The highest BCUT2D eigenvalue weighted by Crippen LogP contribution is 2.31. The second kappa shape index (κ2) is 8.61. The minimum absolute atomic E-state index is 0.0695. The molecule has 154 valence electrons. The normalized spacial score (nSPS) is 11.4. The van der Waals surface area contributed by atoms with E-state index in [2.05, 4.69) is 4.98 Å². The van der Waals surface area contributed by atoms with Gasteiger partial charge in [-0.05, 0) is 35.7 Å². The van der Waals surface area contributed by atoms with E-state index < -0.39 is 0 Å². The molecule has 3 heterocycles. The van der Waals surface area contributed by atoms with Gasteiger partial charge in [-0.1, -0.05) is 60.3 Å². The Morgan fingerprint density at radius 3 is 2.65 bits per heavy atom. The second-order valence-corrected chi connectivity index (χ2v) is 9.04. The molecule has 0 fully saturated rings. The minimum Gasteiger partial charge on any atom is -0.286 e. The van der Waals surface area contributed by atoms with Gasteiger partial charge >= 0.3 is 0 Å². The summed E-state index contributed by atoms with van der Waals surface area (Å²) >= 11 is 2.76. The molecule has 7 heteroatoms. The van der Waals surface area contributed by atoms with E-state index in [0.29, 0.717) is 39.7 Å². The van der Waals surface area contributed by atoms with Crippen molar-refractivity contribution >= 4 is 43.5 Å². The summed E-state index contributed by atoms with van der Waals surface area (Å²) in [4.78, 5) is 23.5. The highest BCUT2D eigenvalue weighted by Gasteiger charge is 2.17. The van der Waals surface area contributed by atoms with Crippen molar-refractivity contribution < 1.29 is 4.39 Å². The van der Waals surface area contributed by atoms with Crippen LogP contribution in [0, 0.1) is 5.82 Å². The molecular formula is C24H18FN3OS2. The first-order chi connectivity index (χ1) is 15.2. The van der Waals surface area contributed by atoms with Crippen LogP contribution in [0.15, 0.2) is 82.9 Å². The standard InChI is InChI=1S/C24H18FN3OS2/c25-19-11-5-4-9-17(19)15-30-24-27-20-18-10-6-13-26-22(18)31-21(20)23(29)28(24)14-12-16-7-2-1-3-8-16/h1-11,13H,12,14-15H2. The van der Waals surface area contributed by atoms with Gasteiger partial charge in [0.2, 0.25) is 0 Å². The van der Waals surface area contributed by atoms with Gasteiger partial charge in [-0.25, -0.2) is 14.4 Å². The second-order valence-electron chi connectivity index (χ2n) is 7.10. The van der Waals surface area contributed by atoms with Gasteiger partial charge in [-0.15, -0.1) is 11.3 Å². The molecule has 0 aliphatic rings. The van der Waals surface area contributed by atoms with Gasteiger partial charge in [0.1, 0.15) is 15.3 Å². The SMILES string of the molecule is O=c1c2sc3ncccc3c2nc(SCc2ccccc2F)n1CCc1ccccc1. The molecule has 31 heavy (non-hydrogen) atoms. The van der Waals surface area contributed by atoms with E-state index in [1.165, 1.54) is 29.2 Å². The fourth-order valence-electron chi connectivity index (χ4n) is 3.49. The van der Waals surface area contributed by atoms with Crippen molar-refractivity contribution in [2.24, 2.45) is 0 Å². The summed E-state index contributed by atoms with van der Waals surface area (Å²) in [6.45, 7) is 0.507. The van der Waals surface area contributed by atoms with E-state index in [9.17, 15) is 9.18 Å². The van der Waals surface area contributed by atoms with Gasteiger partial charge in [-0.3, -0.25) is 9.36 Å². The first kappa shape index (κ1) is 19.9. The Morgan fingerprint density at radius 2 is 1.81 bits per heavy atom. The third kappa shape index (κ3) is 3.98. The number of thiophene rings is 1. The summed E-state index contributed by atoms with van der Waals surface area (Å²) in [6.07, 6.45) is 2.43. The number of aromatic nitrogens is 3. The number of thioether (sulfide) groups is 1. The molecule has 0 spiro atoms. The topological polar surface area (TPSA) is 47.8 Å². The molecule has 0 bridgehead atoms. The van der Waals surface area contributed by atoms with Crippen LogP contribution < -0.4 is 5.56 Å². The lowest BCUT2D eigenvalue weighted by molar-refractivity contribution is 0.595. The molecule has 5 rings (SSSR count). The third-order valence-corrected chi connectivity index (χ3v) is 7.22. The number of rotatable bonds is 6. The molecule has 0 aliphatic carbocycles. The molecule has 0 amide bonds. The van der Waals surface area contributed by atoms with Crippen LogP contribution in [0.1, 0.15) is 11.1 Å². The van der Waals surface area contributed by atoms with Crippen molar-refractivity contribution in [1.82, 2.24) is 14.5 Å². The summed E-state index contributed by atoms with van der Waals surface area (Å²) in [5, 5.41) is 1.47. The van der Waals surface area contributed by atoms with Crippen molar-refractivity contribution in [2.45, 2.75) is 23.9 Å². The summed E-state index contributed by atoms with van der Waals surface area (Å²) < 4.78 is 16.5. The molecule has 2 aromatic carbocycles. The average Bonchev–Trinajstić information content (AvgIpc) is 3.18. The zero-order valence-corrected chi connectivity index (χ0v) is 18.1. The number of pyridine rings is 1. The summed E-state index contributed by atoms with van der Waals surface area (Å²) in [7, 11) is 0. The number of fused-ring (bicyclic) bond motifs is 3. The number of aryl methyl sites for hydroxylation is 1. The van der Waals surface area contributed by atoms with Crippen LogP contribution in [0.25, 0.3) is 20.4 Å². The van der Waals surface area contributed by atoms with E-state index in [0.717, 1.165) is 15.8 Å². The molecule has 0 radical (unpaired) electrons. The zero-order valence-electron chi connectivity index (χ0n) is 16.5. The predicted molar refractivity (Wildman–Crippen MR) is 125 cm³/mol. The lowest BCUT2D eigenvalue weighted by Gasteiger charge is -2.12. The number of hydrogen-bond acceptors (Lipinski definition) is 5. The van der Waals surface area contributed by atoms with Crippen molar-refractivity contribution in [3.8, 4) is 0 Å². The Bertz CT molecular complexity index is 1430. The van der Waals surface area contributed by atoms with Crippen LogP contribution in [0.4, 0.5) is 4.39 Å². The number of halogens is 1. The molecule has 4 nitrogen and oxygen atoms in total. The van der Waals surface area contributed by atoms with Crippen molar-refractivity contribution in [3.05, 3.63) is 100 Å².